The summed E-state index contributed by atoms with van der Waals surface area (Å²) in [4.78, 5) is 4.06. The molecule has 17 heavy (non-hydrogen) atoms. The Kier molecular flexibility index (Phi) is 2.32. The number of aromatic nitrogens is 1. The molecule has 86 valence electrons. The molecule has 2 heterocycles. The van der Waals surface area contributed by atoms with E-state index in [1.165, 1.54) is 6.07 Å². The minimum atomic E-state index is -0.222. The number of benzene rings is 1. The van der Waals surface area contributed by atoms with Gasteiger partial charge in [0.1, 0.15) is 17.7 Å². The molecule has 1 atom stereocenters. The largest absolute Gasteiger partial charge is 0.489 e. The van der Waals surface area contributed by atoms with Gasteiger partial charge in [-0.1, -0.05) is 6.07 Å². The van der Waals surface area contributed by atoms with Crippen molar-refractivity contribution in [1.29, 1.82) is 0 Å². The summed E-state index contributed by atoms with van der Waals surface area (Å²) in [5, 5.41) is 0. The molecule has 3 heteroatoms. The van der Waals surface area contributed by atoms with E-state index >= 15 is 0 Å². The van der Waals surface area contributed by atoms with Gasteiger partial charge in [0, 0.05) is 35.5 Å². The number of hydrogen-bond acceptors (Lipinski definition) is 2. The smallest absolute Gasteiger partial charge is 0.131 e. The third kappa shape index (κ3) is 1.78. The SMILES string of the molecule is CC1Cc2cc(F)cc(-c3cccnc3)c2O1. The van der Waals surface area contributed by atoms with E-state index in [9.17, 15) is 4.39 Å². The topological polar surface area (TPSA) is 22.1 Å². The van der Waals surface area contributed by atoms with Gasteiger partial charge in [0.2, 0.25) is 0 Å². The minimum absolute atomic E-state index is 0.113. The molecule has 0 aliphatic carbocycles. The van der Waals surface area contributed by atoms with Crippen molar-refractivity contribution in [3.63, 3.8) is 0 Å². The van der Waals surface area contributed by atoms with E-state index in [0.717, 1.165) is 28.9 Å². The molecule has 0 saturated carbocycles. The van der Waals surface area contributed by atoms with Crippen molar-refractivity contribution in [3.8, 4) is 16.9 Å². The van der Waals surface area contributed by atoms with E-state index in [1.807, 2.05) is 19.1 Å². The summed E-state index contributed by atoms with van der Waals surface area (Å²) in [5.74, 6) is 0.576. The number of rotatable bonds is 1. The highest BCUT2D eigenvalue weighted by Crippen LogP contribution is 2.39. The first-order chi connectivity index (χ1) is 8.24. The van der Waals surface area contributed by atoms with Gasteiger partial charge in [0.05, 0.1) is 0 Å². The maximum absolute atomic E-state index is 13.6. The van der Waals surface area contributed by atoms with Crippen LogP contribution in [0.15, 0.2) is 36.7 Å². The quantitative estimate of drug-likeness (QED) is 0.749. The lowest BCUT2D eigenvalue weighted by Gasteiger charge is -2.09. The van der Waals surface area contributed by atoms with Gasteiger partial charge >= 0.3 is 0 Å². The fourth-order valence-corrected chi connectivity index (χ4v) is 2.23. The second-order valence-electron chi connectivity index (χ2n) is 4.32. The van der Waals surface area contributed by atoms with Gasteiger partial charge < -0.3 is 4.74 Å². The van der Waals surface area contributed by atoms with E-state index in [2.05, 4.69) is 4.98 Å². The monoisotopic (exact) mass is 229 g/mol. The highest BCUT2D eigenvalue weighted by atomic mass is 19.1. The lowest BCUT2D eigenvalue weighted by Crippen LogP contribution is -2.05. The van der Waals surface area contributed by atoms with Crippen LogP contribution in [0.4, 0.5) is 4.39 Å². The zero-order valence-corrected chi connectivity index (χ0v) is 9.48. The predicted molar refractivity (Wildman–Crippen MR) is 63.4 cm³/mol. The normalized spacial score (nSPS) is 17.6. The number of nitrogens with zero attached hydrogens (tertiary/aromatic N) is 1. The average molecular weight is 229 g/mol. The van der Waals surface area contributed by atoms with Gasteiger partial charge in [0.25, 0.3) is 0 Å². The lowest BCUT2D eigenvalue weighted by atomic mass is 10.0. The molecule has 1 aromatic heterocycles. The molecule has 3 rings (SSSR count). The standard InChI is InChI=1S/C14H12FNO/c1-9-5-11-6-12(15)7-13(14(11)17-9)10-3-2-4-16-8-10/h2-4,6-9H,5H2,1H3. The summed E-state index contributed by atoms with van der Waals surface area (Å²) in [5.41, 5.74) is 2.62. The van der Waals surface area contributed by atoms with E-state index < -0.39 is 0 Å². The Morgan fingerprint density at radius 2 is 2.29 bits per heavy atom. The molecule has 1 aliphatic rings. The van der Waals surface area contributed by atoms with Crippen LogP contribution in [-0.2, 0) is 6.42 Å². The predicted octanol–water partition coefficient (Wildman–Crippen LogP) is 3.21. The number of hydrogen-bond donors (Lipinski definition) is 0. The van der Waals surface area contributed by atoms with Gasteiger partial charge in [0.15, 0.2) is 0 Å². The maximum atomic E-state index is 13.6. The molecular formula is C14H12FNO. The van der Waals surface area contributed by atoms with Gasteiger partial charge in [-0.05, 0) is 25.1 Å². The minimum Gasteiger partial charge on any atom is -0.489 e. The van der Waals surface area contributed by atoms with Crippen molar-refractivity contribution in [3.05, 3.63) is 48.0 Å². The van der Waals surface area contributed by atoms with Crippen LogP contribution in [0.2, 0.25) is 0 Å². The zero-order valence-electron chi connectivity index (χ0n) is 9.48. The lowest BCUT2D eigenvalue weighted by molar-refractivity contribution is 0.255. The van der Waals surface area contributed by atoms with E-state index in [0.29, 0.717) is 0 Å². The molecule has 0 amide bonds. The van der Waals surface area contributed by atoms with Crippen LogP contribution in [0, 0.1) is 5.82 Å². The first-order valence-corrected chi connectivity index (χ1v) is 5.63. The molecule has 0 fully saturated rings. The van der Waals surface area contributed by atoms with Gasteiger partial charge in [-0.3, -0.25) is 4.98 Å². The van der Waals surface area contributed by atoms with Crippen molar-refractivity contribution < 1.29 is 9.13 Å². The fraction of sp³-hybridized carbons (Fsp3) is 0.214. The van der Waals surface area contributed by atoms with E-state index in [4.69, 9.17) is 4.74 Å². The Labute approximate surface area is 99.1 Å². The first-order valence-electron chi connectivity index (χ1n) is 5.63. The Morgan fingerprint density at radius 1 is 1.41 bits per heavy atom. The second kappa shape index (κ2) is 3.84. The molecular weight excluding hydrogens is 217 g/mol. The Morgan fingerprint density at radius 3 is 3.06 bits per heavy atom. The highest BCUT2D eigenvalue weighted by molar-refractivity contribution is 5.72. The molecule has 1 aliphatic heterocycles. The number of pyridine rings is 1. The zero-order chi connectivity index (χ0) is 11.8. The molecule has 0 bridgehead atoms. The van der Waals surface area contributed by atoms with Crippen LogP contribution in [0.5, 0.6) is 5.75 Å². The van der Waals surface area contributed by atoms with Crippen molar-refractivity contribution in [2.24, 2.45) is 0 Å². The van der Waals surface area contributed by atoms with Gasteiger partial charge in [-0.2, -0.15) is 0 Å². The Bertz CT molecular complexity index is 554. The summed E-state index contributed by atoms with van der Waals surface area (Å²) >= 11 is 0. The Balaban J connectivity index is 2.18. The van der Waals surface area contributed by atoms with Crippen molar-refractivity contribution in [1.82, 2.24) is 4.98 Å². The first kappa shape index (κ1) is 10.3. The maximum Gasteiger partial charge on any atom is 0.131 e. The van der Waals surface area contributed by atoms with Crippen LogP contribution in [0.25, 0.3) is 11.1 Å². The van der Waals surface area contributed by atoms with Crippen molar-refractivity contribution in [2.75, 3.05) is 0 Å². The molecule has 2 nitrogen and oxygen atoms in total. The van der Waals surface area contributed by atoms with Crippen LogP contribution < -0.4 is 4.74 Å². The number of halogens is 1. The molecule has 0 saturated heterocycles. The summed E-state index contributed by atoms with van der Waals surface area (Å²) in [6.45, 7) is 1.99. The average Bonchev–Trinajstić information content (AvgIpc) is 2.69. The molecule has 0 spiro atoms. The van der Waals surface area contributed by atoms with Gasteiger partial charge in [-0.15, -0.1) is 0 Å². The molecule has 2 aromatic rings. The highest BCUT2D eigenvalue weighted by Gasteiger charge is 2.23. The molecule has 1 unspecified atom stereocenters. The van der Waals surface area contributed by atoms with Crippen LogP contribution >= 0.6 is 0 Å². The molecule has 0 N–H and O–H groups in total. The second-order valence-corrected chi connectivity index (χ2v) is 4.32. The summed E-state index contributed by atoms with van der Waals surface area (Å²) < 4.78 is 19.3. The summed E-state index contributed by atoms with van der Waals surface area (Å²) in [6.07, 6.45) is 4.30. The summed E-state index contributed by atoms with van der Waals surface area (Å²) in [7, 11) is 0. The third-order valence-corrected chi connectivity index (χ3v) is 2.93. The van der Waals surface area contributed by atoms with Crippen molar-refractivity contribution in [2.45, 2.75) is 19.4 Å². The molecule has 0 radical (unpaired) electrons. The third-order valence-electron chi connectivity index (χ3n) is 2.93. The Hall–Kier alpha value is -1.90. The number of ether oxygens (including phenoxy) is 1. The van der Waals surface area contributed by atoms with E-state index in [1.54, 1.807) is 18.5 Å². The van der Waals surface area contributed by atoms with Crippen LogP contribution in [-0.4, -0.2) is 11.1 Å². The van der Waals surface area contributed by atoms with Crippen molar-refractivity contribution >= 4 is 0 Å². The fourth-order valence-electron chi connectivity index (χ4n) is 2.23. The van der Waals surface area contributed by atoms with Gasteiger partial charge in [-0.25, -0.2) is 4.39 Å². The summed E-state index contributed by atoms with van der Waals surface area (Å²) in [6, 6.07) is 6.81. The van der Waals surface area contributed by atoms with Crippen LogP contribution in [0.3, 0.4) is 0 Å². The number of fused-ring (bicyclic) bond motifs is 1. The van der Waals surface area contributed by atoms with Crippen LogP contribution in [0.1, 0.15) is 12.5 Å². The molecule has 1 aromatic carbocycles. The van der Waals surface area contributed by atoms with E-state index in [-0.39, 0.29) is 11.9 Å².